The number of hydrogen-bond donors (Lipinski definition) is 3. The molecule has 1 aliphatic carbocycles. The first-order chi connectivity index (χ1) is 16.0. The van der Waals surface area contributed by atoms with E-state index in [1.807, 2.05) is 6.66 Å². The van der Waals surface area contributed by atoms with Gasteiger partial charge in [-0.25, -0.2) is 13.8 Å². The Balaban J connectivity index is 1.98. The highest BCUT2D eigenvalue weighted by atomic mass is 31.1. The Bertz CT molecular complexity index is 1110. The smallest absolute Gasteiger partial charge is 0.271 e. The molecule has 0 aliphatic heterocycles. The molecule has 3 rings (SSSR count). The molecule has 34 heavy (non-hydrogen) atoms. The maximum Gasteiger partial charge on any atom is 0.271 e. The highest BCUT2D eigenvalue weighted by molar-refractivity contribution is 7.42. The van der Waals surface area contributed by atoms with Crippen molar-refractivity contribution in [3.05, 3.63) is 76.1 Å². The molecule has 9 heteroatoms. The van der Waals surface area contributed by atoms with Crippen molar-refractivity contribution < 1.29 is 18.7 Å². The number of halogens is 2. The molecule has 0 saturated carbocycles. The van der Waals surface area contributed by atoms with E-state index in [4.69, 9.17) is 5.73 Å². The quantitative estimate of drug-likeness (QED) is 0.504. The van der Waals surface area contributed by atoms with E-state index in [1.54, 1.807) is 26.1 Å². The number of allylic oxidation sites excluding steroid dienone is 3. The van der Waals surface area contributed by atoms with Crippen LogP contribution in [-0.4, -0.2) is 39.8 Å². The molecule has 0 spiro atoms. The van der Waals surface area contributed by atoms with Gasteiger partial charge in [0.05, 0.1) is 23.1 Å². The molecular formula is C25H31F2N4O2P. The van der Waals surface area contributed by atoms with Crippen LogP contribution in [0.5, 0.6) is 0 Å². The van der Waals surface area contributed by atoms with Gasteiger partial charge in [0, 0.05) is 24.4 Å². The highest BCUT2D eigenvalue weighted by Crippen LogP contribution is 2.47. The second kappa shape index (κ2) is 10.7. The molecule has 3 atom stereocenters. The van der Waals surface area contributed by atoms with Crippen LogP contribution in [0.15, 0.2) is 47.6 Å². The van der Waals surface area contributed by atoms with Gasteiger partial charge in [-0.1, -0.05) is 21.6 Å². The van der Waals surface area contributed by atoms with E-state index in [2.05, 4.69) is 22.2 Å². The van der Waals surface area contributed by atoms with Crippen molar-refractivity contribution in [1.29, 1.82) is 0 Å². The number of carbonyl (C=O) groups excluding carboxylic acids is 1. The van der Waals surface area contributed by atoms with Crippen LogP contribution in [0.2, 0.25) is 0 Å². The Morgan fingerprint density at radius 1 is 1.29 bits per heavy atom. The molecule has 182 valence electrons. The lowest BCUT2D eigenvalue weighted by atomic mass is 9.81. The minimum absolute atomic E-state index is 0.0414. The summed E-state index contributed by atoms with van der Waals surface area (Å²) in [5, 5.41) is 13.6. The fourth-order valence-electron chi connectivity index (χ4n) is 4.08. The number of nitrogens with two attached hydrogens (primary N) is 1. The zero-order valence-corrected chi connectivity index (χ0v) is 20.8. The van der Waals surface area contributed by atoms with E-state index >= 15 is 0 Å². The number of nitrogens with zero attached hydrogens (tertiary/aromatic N) is 2. The molecule has 4 N–H and O–H groups in total. The Labute approximate surface area is 200 Å². The second-order valence-corrected chi connectivity index (χ2v) is 10.2. The number of nitrogens with one attached hydrogen (secondary N) is 1. The lowest BCUT2D eigenvalue weighted by molar-refractivity contribution is 0.0691. The van der Waals surface area contributed by atoms with Crippen molar-refractivity contribution in [2.45, 2.75) is 45.1 Å². The van der Waals surface area contributed by atoms with Gasteiger partial charge < -0.3 is 16.2 Å². The van der Waals surface area contributed by atoms with E-state index < -0.39 is 23.1 Å². The van der Waals surface area contributed by atoms with Gasteiger partial charge in [-0.05, 0) is 68.4 Å². The highest BCUT2D eigenvalue weighted by Gasteiger charge is 2.29. The molecule has 1 aromatic carbocycles. The summed E-state index contributed by atoms with van der Waals surface area (Å²) in [4.78, 5) is 21.3. The topological polar surface area (TPSA) is 101 Å². The summed E-state index contributed by atoms with van der Waals surface area (Å²) in [6.45, 7) is 7.40. The summed E-state index contributed by atoms with van der Waals surface area (Å²) in [6, 6.07) is 3.68. The average molecular weight is 489 g/mol. The Kier molecular flexibility index (Phi) is 8.16. The van der Waals surface area contributed by atoms with Crippen LogP contribution in [0.3, 0.4) is 0 Å². The van der Waals surface area contributed by atoms with E-state index in [-0.39, 0.29) is 35.3 Å². The normalized spacial score (nSPS) is 19.7. The molecule has 0 radical (unpaired) electrons. The monoisotopic (exact) mass is 488 g/mol. The van der Waals surface area contributed by atoms with Crippen LogP contribution in [0.1, 0.15) is 61.3 Å². The lowest BCUT2D eigenvalue weighted by Crippen LogP contribution is -2.38. The van der Waals surface area contributed by atoms with E-state index in [9.17, 15) is 18.7 Å². The first-order valence-electron chi connectivity index (χ1n) is 11.2. The summed E-state index contributed by atoms with van der Waals surface area (Å²) in [6.07, 6.45) is 6.36. The first kappa shape index (κ1) is 25.9. The molecule has 1 aliphatic rings. The van der Waals surface area contributed by atoms with Crippen molar-refractivity contribution in [2.24, 2.45) is 11.7 Å². The molecule has 0 fully saturated rings. The van der Waals surface area contributed by atoms with Gasteiger partial charge in [0.2, 0.25) is 0 Å². The standard InChI is InChI=1S/C25H31F2N4O2P/c1-14-8-9-15(20-11-29-12-21(31-20)24(32)30-13-25(2,3)33)23(34-4)16(14)10-19(28)22-17(26)6-5-7-18(22)27/h5-7,10-12,14-15,33-34H,8-9,13,28H2,1-4H3,(H,30,32)/b19-10-. The minimum Gasteiger partial charge on any atom is -0.398 e. The zero-order valence-electron chi connectivity index (χ0n) is 19.8. The summed E-state index contributed by atoms with van der Waals surface area (Å²) in [5.74, 6) is -1.75. The van der Waals surface area contributed by atoms with Crippen LogP contribution < -0.4 is 11.1 Å². The third-order valence-corrected chi connectivity index (χ3v) is 7.01. The molecule has 6 nitrogen and oxygen atoms in total. The number of benzene rings is 1. The van der Waals surface area contributed by atoms with E-state index in [0.717, 1.165) is 23.7 Å². The Morgan fingerprint density at radius 2 is 1.97 bits per heavy atom. The number of carbonyl (C=O) groups is 1. The first-order valence-corrected chi connectivity index (χ1v) is 12.7. The maximum absolute atomic E-state index is 14.3. The van der Waals surface area contributed by atoms with Crippen LogP contribution in [0, 0.1) is 17.6 Å². The van der Waals surface area contributed by atoms with Gasteiger partial charge >= 0.3 is 0 Å². The van der Waals surface area contributed by atoms with Crippen LogP contribution >= 0.6 is 8.58 Å². The fourth-order valence-corrected chi connectivity index (χ4v) is 5.32. The van der Waals surface area contributed by atoms with Crippen LogP contribution in [0.25, 0.3) is 5.70 Å². The molecule has 0 bridgehead atoms. The number of rotatable bonds is 7. The van der Waals surface area contributed by atoms with Gasteiger partial charge in [-0.2, -0.15) is 0 Å². The largest absolute Gasteiger partial charge is 0.398 e. The lowest BCUT2D eigenvalue weighted by Gasteiger charge is -2.31. The number of amides is 1. The molecule has 3 unspecified atom stereocenters. The fraction of sp³-hybridized carbons (Fsp3) is 0.400. The van der Waals surface area contributed by atoms with Gasteiger partial charge in [0.25, 0.3) is 5.91 Å². The number of aromatic nitrogens is 2. The van der Waals surface area contributed by atoms with E-state index in [0.29, 0.717) is 14.3 Å². The molecule has 1 aromatic heterocycles. The van der Waals surface area contributed by atoms with Crippen molar-refractivity contribution in [3.8, 4) is 0 Å². The minimum atomic E-state index is -1.04. The summed E-state index contributed by atoms with van der Waals surface area (Å²) >= 11 is 0. The Hall–Kier alpha value is -2.70. The van der Waals surface area contributed by atoms with Crippen molar-refractivity contribution in [2.75, 3.05) is 13.2 Å². The van der Waals surface area contributed by atoms with Gasteiger partial charge in [0.15, 0.2) is 0 Å². The van der Waals surface area contributed by atoms with Crippen molar-refractivity contribution >= 4 is 20.2 Å². The maximum atomic E-state index is 14.3. The van der Waals surface area contributed by atoms with Crippen LogP contribution in [0.4, 0.5) is 8.78 Å². The van der Waals surface area contributed by atoms with Gasteiger partial charge in [-0.15, -0.1) is 0 Å². The SMILES string of the molecule is CPC1=C(/C=C(\N)c2c(F)cccc2F)C(C)CCC1c1cncc(C(=O)NCC(C)(C)O)n1. The second-order valence-electron chi connectivity index (χ2n) is 9.17. The average Bonchev–Trinajstić information content (AvgIpc) is 2.78. The summed E-state index contributed by atoms with van der Waals surface area (Å²) < 4.78 is 28.6. The number of hydrogen-bond acceptors (Lipinski definition) is 5. The van der Waals surface area contributed by atoms with Crippen LogP contribution in [-0.2, 0) is 0 Å². The summed E-state index contributed by atoms with van der Waals surface area (Å²) in [5.41, 5.74) is 6.71. The molecule has 0 saturated heterocycles. The van der Waals surface area contributed by atoms with Gasteiger partial charge in [-0.3, -0.25) is 9.78 Å². The third-order valence-electron chi connectivity index (χ3n) is 5.83. The number of aliphatic hydroxyl groups is 1. The van der Waals surface area contributed by atoms with E-state index in [1.165, 1.54) is 24.4 Å². The summed E-state index contributed by atoms with van der Waals surface area (Å²) in [7, 11) is 0.405. The molecule has 1 amide bonds. The molecule has 1 heterocycles. The van der Waals surface area contributed by atoms with Crippen molar-refractivity contribution in [1.82, 2.24) is 15.3 Å². The molecule has 2 aromatic rings. The van der Waals surface area contributed by atoms with Gasteiger partial charge in [0.1, 0.15) is 17.3 Å². The molecular weight excluding hydrogens is 457 g/mol. The van der Waals surface area contributed by atoms with Crippen molar-refractivity contribution in [3.63, 3.8) is 0 Å². The Morgan fingerprint density at radius 3 is 2.59 bits per heavy atom. The predicted molar refractivity (Wildman–Crippen MR) is 132 cm³/mol. The third kappa shape index (κ3) is 6.05. The zero-order chi connectivity index (χ0) is 25.0. The predicted octanol–water partition coefficient (Wildman–Crippen LogP) is 4.33.